The molecular weight excluding hydrogens is 278 g/mol. The van der Waals surface area contributed by atoms with Crippen molar-refractivity contribution in [3.05, 3.63) is 60.2 Å². The molecule has 1 amide bonds. The molecule has 116 valence electrons. The van der Waals surface area contributed by atoms with Crippen LogP contribution in [0.3, 0.4) is 0 Å². The van der Waals surface area contributed by atoms with Crippen LogP contribution in [0.25, 0.3) is 0 Å². The fourth-order valence-corrected chi connectivity index (χ4v) is 1.95. The Morgan fingerprint density at radius 2 is 1.64 bits per heavy atom. The maximum Gasteiger partial charge on any atom is 0.251 e. The Hall–Kier alpha value is -2.49. The number of rotatable bonds is 8. The highest BCUT2D eigenvalue weighted by Gasteiger charge is 2.04. The molecule has 4 heteroatoms. The summed E-state index contributed by atoms with van der Waals surface area (Å²) in [6.07, 6.45) is 0.762. The molecule has 0 radical (unpaired) electrons. The highest BCUT2D eigenvalue weighted by molar-refractivity contribution is 5.94. The number of benzene rings is 2. The summed E-state index contributed by atoms with van der Waals surface area (Å²) in [5, 5.41) is 2.88. The van der Waals surface area contributed by atoms with Crippen LogP contribution in [0.2, 0.25) is 0 Å². The number of nitrogens with one attached hydrogen (secondary N) is 1. The van der Waals surface area contributed by atoms with E-state index in [2.05, 4.69) is 5.32 Å². The summed E-state index contributed by atoms with van der Waals surface area (Å²) in [6.45, 7) is 3.71. The molecule has 0 bridgehead atoms. The summed E-state index contributed by atoms with van der Waals surface area (Å²) in [5.41, 5.74) is 0.632. The molecule has 0 aromatic heterocycles. The normalized spacial score (nSPS) is 10.0. The largest absolute Gasteiger partial charge is 0.494 e. The van der Waals surface area contributed by atoms with E-state index in [0.29, 0.717) is 25.3 Å². The molecule has 0 aliphatic heterocycles. The third-order valence-corrected chi connectivity index (χ3v) is 3.05. The van der Waals surface area contributed by atoms with E-state index in [9.17, 15) is 4.79 Å². The number of hydrogen-bond donors (Lipinski definition) is 1. The molecule has 2 aromatic rings. The fourth-order valence-electron chi connectivity index (χ4n) is 1.95. The first-order chi connectivity index (χ1) is 10.8. The van der Waals surface area contributed by atoms with Crippen LogP contribution in [0, 0.1) is 0 Å². The van der Waals surface area contributed by atoms with Crippen molar-refractivity contribution in [1.29, 1.82) is 0 Å². The minimum absolute atomic E-state index is 0.0808. The first-order valence-corrected chi connectivity index (χ1v) is 7.48. The Bertz CT molecular complexity index is 567. The molecule has 2 rings (SSSR count). The smallest absolute Gasteiger partial charge is 0.251 e. The summed E-state index contributed by atoms with van der Waals surface area (Å²) >= 11 is 0. The summed E-state index contributed by atoms with van der Waals surface area (Å²) in [4.78, 5) is 12.0. The molecule has 22 heavy (non-hydrogen) atoms. The van der Waals surface area contributed by atoms with Crippen molar-refractivity contribution in [2.24, 2.45) is 0 Å². The second kappa shape index (κ2) is 8.72. The Kier molecular flexibility index (Phi) is 6.30. The predicted molar refractivity (Wildman–Crippen MR) is 86.5 cm³/mol. The molecule has 0 unspecified atom stereocenters. The van der Waals surface area contributed by atoms with E-state index in [1.54, 1.807) is 24.3 Å². The number of carbonyl (C=O) groups is 1. The fraction of sp³-hybridized carbons (Fsp3) is 0.278. The van der Waals surface area contributed by atoms with E-state index in [4.69, 9.17) is 9.47 Å². The average Bonchev–Trinajstić information content (AvgIpc) is 2.56. The van der Waals surface area contributed by atoms with Crippen molar-refractivity contribution in [3.63, 3.8) is 0 Å². The number of carbonyl (C=O) groups excluding carboxylic acids is 1. The Balaban J connectivity index is 1.67. The van der Waals surface area contributed by atoms with Crippen molar-refractivity contribution in [2.45, 2.75) is 13.3 Å². The van der Waals surface area contributed by atoms with Gasteiger partial charge in [-0.2, -0.15) is 0 Å². The van der Waals surface area contributed by atoms with Gasteiger partial charge in [-0.05, 0) is 49.7 Å². The average molecular weight is 299 g/mol. The van der Waals surface area contributed by atoms with Gasteiger partial charge in [-0.1, -0.05) is 18.2 Å². The quantitative estimate of drug-likeness (QED) is 0.761. The van der Waals surface area contributed by atoms with E-state index in [1.165, 1.54) is 0 Å². The van der Waals surface area contributed by atoms with Gasteiger partial charge in [0.25, 0.3) is 5.91 Å². The van der Waals surface area contributed by atoms with Gasteiger partial charge in [0.2, 0.25) is 0 Å². The van der Waals surface area contributed by atoms with Gasteiger partial charge in [0, 0.05) is 12.1 Å². The number of amides is 1. The Labute approximate surface area is 131 Å². The van der Waals surface area contributed by atoms with Gasteiger partial charge < -0.3 is 14.8 Å². The topological polar surface area (TPSA) is 47.6 Å². The second-order valence-corrected chi connectivity index (χ2v) is 4.73. The van der Waals surface area contributed by atoms with Gasteiger partial charge in [-0.3, -0.25) is 4.79 Å². The van der Waals surface area contributed by atoms with Gasteiger partial charge in [0.05, 0.1) is 13.2 Å². The van der Waals surface area contributed by atoms with E-state index in [-0.39, 0.29) is 5.91 Å². The van der Waals surface area contributed by atoms with Crippen LogP contribution in [0.1, 0.15) is 23.7 Å². The zero-order valence-electron chi connectivity index (χ0n) is 12.7. The Morgan fingerprint density at radius 1 is 0.955 bits per heavy atom. The van der Waals surface area contributed by atoms with Gasteiger partial charge in [-0.25, -0.2) is 0 Å². The minimum atomic E-state index is -0.0808. The maximum absolute atomic E-state index is 12.0. The van der Waals surface area contributed by atoms with Crippen LogP contribution in [-0.2, 0) is 0 Å². The van der Waals surface area contributed by atoms with Crippen molar-refractivity contribution in [3.8, 4) is 11.5 Å². The molecule has 2 aromatic carbocycles. The lowest BCUT2D eigenvalue weighted by atomic mass is 10.2. The van der Waals surface area contributed by atoms with Gasteiger partial charge in [-0.15, -0.1) is 0 Å². The first kappa shape index (κ1) is 15.9. The minimum Gasteiger partial charge on any atom is -0.494 e. The van der Waals surface area contributed by atoms with E-state index in [1.807, 2.05) is 37.3 Å². The summed E-state index contributed by atoms with van der Waals surface area (Å²) in [6, 6.07) is 16.8. The summed E-state index contributed by atoms with van der Waals surface area (Å²) in [5.74, 6) is 1.54. The van der Waals surface area contributed by atoms with Gasteiger partial charge >= 0.3 is 0 Å². The van der Waals surface area contributed by atoms with E-state index in [0.717, 1.165) is 17.9 Å². The molecule has 0 spiro atoms. The maximum atomic E-state index is 12.0. The molecule has 0 heterocycles. The van der Waals surface area contributed by atoms with Crippen molar-refractivity contribution < 1.29 is 14.3 Å². The van der Waals surface area contributed by atoms with Crippen LogP contribution in [0.4, 0.5) is 0 Å². The third-order valence-electron chi connectivity index (χ3n) is 3.05. The van der Waals surface area contributed by atoms with Crippen LogP contribution in [-0.4, -0.2) is 25.7 Å². The first-order valence-electron chi connectivity index (χ1n) is 7.48. The molecular formula is C18H21NO3. The standard InChI is InChI=1S/C18H21NO3/c1-2-21-17-11-9-15(10-12-17)18(20)19-13-6-14-22-16-7-4-3-5-8-16/h3-5,7-12H,2,6,13-14H2,1H3,(H,19,20). The molecule has 0 saturated heterocycles. The van der Waals surface area contributed by atoms with Crippen LogP contribution < -0.4 is 14.8 Å². The predicted octanol–water partition coefficient (Wildman–Crippen LogP) is 3.28. The lowest BCUT2D eigenvalue weighted by molar-refractivity contribution is 0.0951. The zero-order valence-corrected chi connectivity index (χ0v) is 12.7. The molecule has 0 aliphatic carbocycles. The monoisotopic (exact) mass is 299 g/mol. The molecule has 0 atom stereocenters. The number of para-hydroxylation sites is 1. The third kappa shape index (κ3) is 5.13. The molecule has 0 saturated carbocycles. The summed E-state index contributed by atoms with van der Waals surface area (Å²) in [7, 11) is 0. The molecule has 0 fully saturated rings. The molecule has 0 aliphatic rings. The van der Waals surface area contributed by atoms with Crippen LogP contribution >= 0.6 is 0 Å². The van der Waals surface area contributed by atoms with Crippen LogP contribution in [0.15, 0.2) is 54.6 Å². The van der Waals surface area contributed by atoms with Crippen molar-refractivity contribution >= 4 is 5.91 Å². The van der Waals surface area contributed by atoms with E-state index < -0.39 is 0 Å². The van der Waals surface area contributed by atoms with Crippen molar-refractivity contribution in [1.82, 2.24) is 5.32 Å². The van der Waals surface area contributed by atoms with E-state index >= 15 is 0 Å². The van der Waals surface area contributed by atoms with Crippen molar-refractivity contribution in [2.75, 3.05) is 19.8 Å². The zero-order chi connectivity index (χ0) is 15.6. The Morgan fingerprint density at radius 3 is 2.32 bits per heavy atom. The highest BCUT2D eigenvalue weighted by Crippen LogP contribution is 2.12. The second-order valence-electron chi connectivity index (χ2n) is 4.73. The molecule has 4 nitrogen and oxygen atoms in total. The summed E-state index contributed by atoms with van der Waals surface area (Å²) < 4.78 is 10.9. The van der Waals surface area contributed by atoms with Gasteiger partial charge in [0.15, 0.2) is 0 Å². The number of ether oxygens (including phenoxy) is 2. The lowest BCUT2D eigenvalue weighted by Crippen LogP contribution is -2.25. The highest BCUT2D eigenvalue weighted by atomic mass is 16.5. The van der Waals surface area contributed by atoms with Gasteiger partial charge in [0.1, 0.15) is 11.5 Å². The lowest BCUT2D eigenvalue weighted by Gasteiger charge is -2.08. The van der Waals surface area contributed by atoms with Crippen LogP contribution in [0.5, 0.6) is 11.5 Å². The molecule has 1 N–H and O–H groups in total. The SMILES string of the molecule is CCOc1ccc(C(=O)NCCCOc2ccccc2)cc1. The number of hydrogen-bond acceptors (Lipinski definition) is 3.